The van der Waals surface area contributed by atoms with Crippen LogP contribution in [0.5, 0.6) is 5.75 Å². The van der Waals surface area contributed by atoms with Crippen LogP contribution < -0.4 is 4.74 Å². The van der Waals surface area contributed by atoms with E-state index in [0.717, 1.165) is 32.1 Å². The first-order chi connectivity index (χ1) is 16.9. The summed E-state index contributed by atoms with van der Waals surface area (Å²) in [6.45, 7) is 1.83. The molecule has 190 valence electrons. The standard InChI is InChI=1S/C29H34F4O2/c1-4-5-26(35-3)29(33)25(30)18-20-8-6-19(7-9-20)10-11-22-14-17-24(28(32)27(22)31)21-12-15-23(34-2)16-13-21/h5,12-17,19-20H,4,6-11,18H2,1-3H3/b26-5+,29-25-. The zero-order chi connectivity index (χ0) is 25.4. The Bertz CT molecular complexity index is 1040. The monoisotopic (exact) mass is 490 g/mol. The first-order valence-corrected chi connectivity index (χ1v) is 12.3. The smallest absolute Gasteiger partial charge is 0.196 e. The van der Waals surface area contributed by atoms with E-state index in [1.54, 1.807) is 43.5 Å². The van der Waals surface area contributed by atoms with Crippen molar-refractivity contribution in [1.29, 1.82) is 0 Å². The van der Waals surface area contributed by atoms with Gasteiger partial charge in [0, 0.05) is 12.0 Å². The third-order valence-electron chi connectivity index (χ3n) is 6.88. The number of hydrogen-bond donors (Lipinski definition) is 0. The molecule has 1 aliphatic rings. The van der Waals surface area contributed by atoms with E-state index < -0.39 is 23.3 Å². The maximum absolute atomic E-state index is 14.8. The van der Waals surface area contributed by atoms with Crippen LogP contribution >= 0.6 is 0 Å². The third kappa shape index (κ3) is 6.89. The van der Waals surface area contributed by atoms with Crippen LogP contribution in [-0.2, 0) is 11.2 Å². The van der Waals surface area contributed by atoms with Gasteiger partial charge in [0.25, 0.3) is 0 Å². The van der Waals surface area contributed by atoms with Gasteiger partial charge in [-0.15, -0.1) is 0 Å². The number of hydrogen-bond acceptors (Lipinski definition) is 2. The summed E-state index contributed by atoms with van der Waals surface area (Å²) < 4.78 is 68.3. The van der Waals surface area contributed by atoms with Crippen molar-refractivity contribution in [2.45, 2.75) is 58.3 Å². The number of halogens is 4. The van der Waals surface area contributed by atoms with E-state index in [4.69, 9.17) is 9.47 Å². The van der Waals surface area contributed by atoms with E-state index in [9.17, 15) is 17.6 Å². The van der Waals surface area contributed by atoms with Crippen LogP contribution in [0.4, 0.5) is 17.6 Å². The largest absolute Gasteiger partial charge is 0.497 e. The zero-order valence-electron chi connectivity index (χ0n) is 20.7. The molecule has 0 atom stereocenters. The number of aryl methyl sites for hydroxylation is 1. The van der Waals surface area contributed by atoms with E-state index in [0.29, 0.717) is 35.6 Å². The fourth-order valence-electron chi connectivity index (χ4n) is 4.78. The molecule has 3 rings (SSSR count). The molecule has 2 aromatic rings. The van der Waals surface area contributed by atoms with E-state index in [1.807, 2.05) is 6.92 Å². The minimum absolute atomic E-state index is 0.0500. The van der Waals surface area contributed by atoms with Crippen LogP contribution in [0.15, 0.2) is 59.9 Å². The topological polar surface area (TPSA) is 18.5 Å². The van der Waals surface area contributed by atoms with Gasteiger partial charge in [-0.2, -0.15) is 0 Å². The van der Waals surface area contributed by atoms with Gasteiger partial charge in [-0.25, -0.2) is 17.6 Å². The average Bonchev–Trinajstić information content (AvgIpc) is 2.88. The van der Waals surface area contributed by atoms with Gasteiger partial charge in [0.2, 0.25) is 0 Å². The predicted octanol–water partition coefficient (Wildman–Crippen LogP) is 8.86. The van der Waals surface area contributed by atoms with Crippen molar-refractivity contribution >= 4 is 0 Å². The minimum Gasteiger partial charge on any atom is -0.497 e. The molecule has 0 aromatic heterocycles. The molecule has 0 saturated heterocycles. The highest BCUT2D eigenvalue weighted by Crippen LogP contribution is 2.37. The Morgan fingerprint density at radius 3 is 2.17 bits per heavy atom. The SMILES string of the molecule is CC/C=C(OC)\C(F)=C(\F)CC1CCC(CCc2ccc(-c3ccc(OC)cc3)c(F)c2F)CC1. The maximum Gasteiger partial charge on any atom is 0.196 e. The van der Waals surface area contributed by atoms with Gasteiger partial charge in [-0.1, -0.05) is 44.0 Å². The molecule has 0 aliphatic heterocycles. The van der Waals surface area contributed by atoms with E-state index in [-0.39, 0.29) is 23.7 Å². The summed E-state index contributed by atoms with van der Waals surface area (Å²) in [6.07, 6.45) is 6.66. The first kappa shape index (κ1) is 26.8. The number of methoxy groups -OCH3 is 2. The Morgan fingerprint density at radius 2 is 1.57 bits per heavy atom. The lowest BCUT2D eigenvalue weighted by atomic mass is 9.78. The van der Waals surface area contributed by atoms with Crippen molar-refractivity contribution in [2.75, 3.05) is 14.2 Å². The molecule has 1 saturated carbocycles. The first-order valence-electron chi connectivity index (χ1n) is 12.3. The molecule has 0 spiro atoms. The molecule has 2 aromatic carbocycles. The zero-order valence-corrected chi connectivity index (χ0v) is 20.7. The number of ether oxygens (including phenoxy) is 2. The lowest BCUT2D eigenvalue weighted by Crippen LogP contribution is -2.16. The Balaban J connectivity index is 1.54. The molecule has 0 heterocycles. The number of rotatable bonds is 10. The Morgan fingerprint density at radius 1 is 0.914 bits per heavy atom. The molecule has 1 aliphatic carbocycles. The van der Waals surface area contributed by atoms with E-state index >= 15 is 0 Å². The van der Waals surface area contributed by atoms with Crippen molar-refractivity contribution in [3.63, 3.8) is 0 Å². The second-order valence-electron chi connectivity index (χ2n) is 9.16. The second kappa shape index (κ2) is 12.8. The highest BCUT2D eigenvalue weighted by molar-refractivity contribution is 5.65. The predicted molar refractivity (Wildman–Crippen MR) is 131 cm³/mol. The van der Waals surface area contributed by atoms with Crippen molar-refractivity contribution < 1.29 is 27.0 Å². The van der Waals surface area contributed by atoms with Gasteiger partial charge < -0.3 is 9.47 Å². The molecule has 0 amide bonds. The summed E-state index contributed by atoms with van der Waals surface area (Å²) >= 11 is 0. The quantitative estimate of drug-likeness (QED) is 0.188. The molecule has 0 radical (unpaired) electrons. The van der Waals surface area contributed by atoms with Crippen LogP contribution in [0.2, 0.25) is 0 Å². The molecular weight excluding hydrogens is 456 g/mol. The van der Waals surface area contributed by atoms with Crippen LogP contribution in [0.1, 0.15) is 57.4 Å². The van der Waals surface area contributed by atoms with Gasteiger partial charge in [0.05, 0.1) is 14.2 Å². The molecule has 35 heavy (non-hydrogen) atoms. The van der Waals surface area contributed by atoms with E-state index in [2.05, 4.69) is 0 Å². The molecule has 0 unspecified atom stereocenters. The van der Waals surface area contributed by atoms with Gasteiger partial charge in [0.15, 0.2) is 23.2 Å². The van der Waals surface area contributed by atoms with Crippen LogP contribution in [0.25, 0.3) is 11.1 Å². The molecule has 0 N–H and O–H groups in total. The third-order valence-corrected chi connectivity index (χ3v) is 6.88. The van der Waals surface area contributed by atoms with Crippen LogP contribution in [-0.4, -0.2) is 14.2 Å². The van der Waals surface area contributed by atoms with Crippen molar-refractivity contribution in [3.8, 4) is 16.9 Å². The maximum atomic E-state index is 14.8. The molecule has 2 nitrogen and oxygen atoms in total. The summed E-state index contributed by atoms with van der Waals surface area (Å²) in [5.41, 5.74) is 1.18. The highest BCUT2D eigenvalue weighted by Gasteiger charge is 2.25. The van der Waals surface area contributed by atoms with Gasteiger partial charge in [-0.05, 0) is 73.3 Å². The molecule has 0 bridgehead atoms. The molecular formula is C29H34F4O2. The van der Waals surface area contributed by atoms with Crippen molar-refractivity contribution in [2.24, 2.45) is 11.8 Å². The van der Waals surface area contributed by atoms with Crippen LogP contribution in [0.3, 0.4) is 0 Å². The lowest BCUT2D eigenvalue weighted by Gasteiger charge is -2.28. The van der Waals surface area contributed by atoms with Gasteiger partial charge >= 0.3 is 0 Å². The normalized spacial score (nSPS) is 19.3. The second-order valence-corrected chi connectivity index (χ2v) is 9.16. The molecule has 1 fully saturated rings. The van der Waals surface area contributed by atoms with Crippen molar-refractivity contribution in [1.82, 2.24) is 0 Å². The summed E-state index contributed by atoms with van der Waals surface area (Å²) in [5, 5.41) is 0. The Labute approximate surface area is 205 Å². The summed E-state index contributed by atoms with van der Waals surface area (Å²) in [4.78, 5) is 0. The number of benzene rings is 2. The lowest BCUT2D eigenvalue weighted by molar-refractivity contribution is 0.245. The van der Waals surface area contributed by atoms with Gasteiger partial charge in [-0.3, -0.25) is 0 Å². The number of allylic oxidation sites excluding steroid dienone is 3. The summed E-state index contributed by atoms with van der Waals surface area (Å²) in [6, 6.07) is 10.1. The summed E-state index contributed by atoms with van der Waals surface area (Å²) in [7, 11) is 2.89. The fraction of sp³-hybridized carbons (Fsp3) is 0.448. The van der Waals surface area contributed by atoms with Gasteiger partial charge in [0.1, 0.15) is 11.6 Å². The Kier molecular flexibility index (Phi) is 9.82. The van der Waals surface area contributed by atoms with Crippen LogP contribution in [0, 0.1) is 23.5 Å². The van der Waals surface area contributed by atoms with Crippen molar-refractivity contribution in [3.05, 3.63) is 77.1 Å². The summed E-state index contributed by atoms with van der Waals surface area (Å²) in [5.74, 6) is -2.27. The highest BCUT2D eigenvalue weighted by atomic mass is 19.2. The average molecular weight is 491 g/mol. The fourth-order valence-corrected chi connectivity index (χ4v) is 4.78. The van der Waals surface area contributed by atoms with E-state index in [1.165, 1.54) is 13.2 Å². The molecule has 6 heteroatoms. The minimum atomic E-state index is -0.910. The Hall–Kier alpha value is -2.76.